The van der Waals surface area contributed by atoms with Crippen molar-refractivity contribution in [2.24, 2.45) is 11.8 Å². The fourth-order valence-corrected chi connectivity index (χ4v) is 4.27. The van der Waals surface area contributed by atoms with E-state index in [4.69, 9.17) is 23.2 Å². The molecule has 1 aromatic heterocycles. The Morgan fingerprint density at radius 3 is 2.42 bits per heavy atom. The van der Waals surface area contributed by atoms with Crippen LogP contribution in [0.2, 0.25) is 10.0 Å². The molecule has 8 nitrogen and oxygen atoms in total. The molecule has 26 heavy (non-hydrogen) atoms. The first-order valence-electron chi connectivity index (χ1n) is 8.13. The van der Waals surface area contributed by atoms with Crippen LogP contribution in [0.15, 0.2) is 24.4 Å². The van der Waals surface area contributed by atoms with Crippen molar-refractivity contribution in [2.75, 3.05) is 26.2 Å². The third kappa shape index (κ3) is 2.94. The Kier molecular flexibility index (Phi) is 4.34. The van der Waals surface area contributed by atoms with Gasteiger partial charge in [0.05, 0.1) is 15.0 Å². The number of amides is 1. The van der Waals surface area contributed by atoms with Gasteiger partial charge >= 0.3 is 0 Å². The number of nitrogens with one attached hydrogen (secondary N) is 1. The van der Waals surface area contributed by atoms with Crippen LogP contribution < -0.4 is 5.32 Å². The molecular formula is C16H15Cl2N5O3. The molecule has 2 saturated heterocycles. The zero-order valence-electron chi connectivity index (χ0n) is 13.6. The highest BCUT2D eigenvalue weighted by Gasteiger charge is 2.38. The van der Waals surface area contributed by atoms with E-state index in [1.54, 1.807) is 12.3 Å². The first kappa shape index (κ1) is 17.3. The van der Waals surface area contributed by atoms with Gasteiger partial charge in [-0.1, -0.05) is 23.2 Å². The van der Waals surface area contributed by atoms with E-state index in [2.05, 4.69) is 10.4 Å². The van der Waals surface area contributed by atoms with Crippen molar-refractivity contribution in [3.05, 3.63) is 50.2 Å². The maximum absolute atomic E-state index is 12.7. The molecule has 1 N–H and O–H groups in total. The molecule has 0 bridgehead atoms. The number of nitro groups is 1. The largest absolute Gasteiger partial charge is 0.337 e. The van der Waals surface area contributed by atoms with Gasteiger partial charge in [-0.3, -0.25) is 14.9 Å². The number of fused-ring (bicyclic) bond motifs is 1. The molecule has 0 radical (unpaired) electrons. The molecule has 0 aliphatic carbocycles. The van der Waals surface area contributed by atoms with E-state index < -0.39 is 4.92 Å². The van der Waals surface area contributed by atoms with Crippen LogP contribution in [0.25, 0.3) is 5.69 Å². The maximum Gasteiger partial charge on any atom is 0.274 e. The molecule has 0 unspecified atom stereocenters. The Labute approximate surface area is 158 Å². The molecule has 2 aromatic rings. The van der Waals surface area contributed by atoms with Gasteiger partial charge in [0, 0.05) is 44.5 Å². The molecule has 10 heteroatoms. The number of hydrogen-bond donors (Lipinski definition) is 1. The summed E-state index contributed by atoms with van der Waals surface area (Å²) < 4.78 is 1.38. The average Bonchev–Trinajstić information content (AvgIpc) is 3.29. The predicted molar refractivity (Wildman–Crippen MR) is 96.0 cm³/mol. The minimum atomic E-state index is -0.571. The lowest BCUT2D eigenvalue weighted by molar-refractivity contribution is -0.384. The number of non-ortho nitro benzene ring substituents is 1. The number of nitrogens with zero attached hydrogens (tertiary/aromatic N) is 4. The summed E-state index contributed by atoms with van der Waals surface area (Å²) in [4.78, 5) is 24.8. The summed E-state index contributed by atoms with van der Waals surface area (Å²) in [6.45, 7) is 3.33. The van der Waals surface area contributed by atoms with Gasteiger partial charge in [0.15, 0.2) is 5.69 Å². The van der Waals surface area contributed by atoms with Gasteiger partial charge in [0.2, 0.25) is 0 Å². The molecule has 2 aliphatic heterocycles. The van der Waals surface area contributed by atoms with Crippen molar-refractivity contribution < 1.29 is 9.72 Å². The van der Waals surface area contributed by atoms with Gasteiger partial charge in [0.1, 0.15) is 5.69 Å². The lowest BCUT2D eigenvalue weighted by atomic mass is 10.0. The monoisotopic (exact) mass is 395 g/mol. The predicted octanol–water partition coefficient (Wildman–Crippen LogP) is 2.38. The Morgan fingerprint density at radius 1 is 1.23 bits per heavy atom. The zero-order valence-corrected chi connectivity index (χ0v) is 15.1. The van der Waals surface area contributed by atoms with Crippen molar-refractivity contribution in [3.63, 3.8) is 0 Å². The fourth-order valence-electron chi connectivity index (χ4n) is 3.62. The SMILES string of the molecule is O=C(c1ccn(-c2c(Cl)cc([N+](=O)[O-])cc2Cl)n1)N1C[C@H]2CNC[C@H]2C1. The smallest absolute Gasteiger partial charge is 0.274 e. The van der Waals surface area contributed by atoms with E-state index in [1.807, 2.05) is 4.90 Å². The lowest BCUT2D eigenvalue weighted by Gasteiger charge is -2.16. The molecule has 0 saturated carbocycles. The Bertz CT molecular complexity index is 865. The summed E-state index contributed by atoms with van der Waals surface area (Å²) in [5.41, 5.74) is 0.397. The Morgan fingerprint density at radius 2 is 1.85 bits per heavy atom. The van der Waals surface area contributed by atoms with Crippen LogP contribution in [0, 0.1) is 22.0 Å². The number of aromatic nitrogens is 2. The average molecular weight is 396 g/mol. The fraction of sp³-hybridized carbons (Fsp3) is 0.375. The number of halogens is 2. The third-order valence-electron chi connectivity index (χ3n) is 4.93. The third-order valence-corrected chi connectivity index (χ3v) is 5.50. The van der Waals surface area contributed by atoms with Gasteiger partial charge in [-0.05, 0) is 17.9 Å². The lowest BCUT2D eigenvalue weighted by Crippen LogP contribution is -2.32. The van der Waals surface area contributed by atoms with E-state index in [-0.39, 0.29) is 21.6 Å². The summed E-state index contributed by atoms with van der Waals surface area (Å²) in [6, 6.07) is 4.02. The van der Waals surface area contributed by atoms with Crippen LogP contribution in [0.5, 0.6) is 0 Å². The number of rotatable bonds is 3. The number of carbonyl (C=O) groups excluding carboxylic acids is 1. The number of likely N-dealkylation sites (tertiary alicyclic amines) is 1. The summed E-state index contributed by atoms with van der Waals surface area (Å²) in [6.07, 6.45) is 1.57. The van der Waals surface area contributed by atoms with Crippen LogP contribution in [0.3, 0.4) is 0 Å². The van der Waals surface area contributed by atoms with Crippen LogP contribution in [-0.2, 0) is 0 Å². The maximum atomic E-state index is 12.7. The summed E-state index contributed by atoms with van der Waals surface area (Å²) in [7, 11) is 0. The van der Waals surface area contributed by atoms with Gasteiger partial charge in [-0.15, -0.1) is 0 Å². The molecule has 2 fully saturated rings. The van der Waals surface area contributed by atoms with Gasteiger partial charge in [-0.2, -0.15) is 5.10 Å². The van der Waals surface area contributed by atoms with Crippen molar-refractivity contribution in [3.8, 4) is 5.69 Å². The van der Waals surface area contributed by atoms with Crippen molar-refractivity contribution in [2.45, 2.75) is 0 Å². The standard InChI is InChI=1S/C16H15Cl2N5O3/c17-12-3-11(23(25)26)4-13(18)15(12)22-2-1-14(20-22)16(24)21-7-9-5-19-6-10(9)8-21/h1-4,9-10,19H,5-8H2/t9-,10+. The van der Waals surface area contributed by atoms with Gasteiger partial charge in [0.25, 0.3) is 11.6 Å². The number of hydrogen-bond acceptors (Lipinski definition) is 5. The highest BCUT2D eigenvalue weighted by atomic mass is 35.5. The van der Waals surface area contributed by atoms with Crippen molar-refractivity contribution >= 4 is 34.8 Å². The Hall–Kier alpha value is -2.16. The molecule has 4 rings (SSSR count). The van der Waals surface area contributed by atoms with E-state index in [9.17, 15) is 14.9 Å². The second kappa shape index (κ2) is 6.53. The minimum absolute atomic E-state index is 0.0908. The second-order valence-electron chi connectivity index (χ2n) is 6.55. The van der Waals surface area contributed by atoms with Crippen LogP contribution in [0.4, 0.5) is 5.69 Å². The topological polar surface area (TPSA) is 93.3 Å². The van der Waals surface area contributed by atoms with E-state index in [1.165, 1.54) is 16.8 Å². The number of carbonyl (C=O) groups is 1. The second-order valence-corrected chi connectivity index (χ2v) is 7.36. The summed E-state index contributed by atoms with van der Waals surface area (Å²) >= 11 is 12.3. The molecule has 136 valence electrons. The molecule has 2 atom stereocenters. The first-order valence-corrected chi connectivity index (χ1v) is 8.89. The Balaban J connectivity index is 1.59. The molecule has 3 heterocycles. The van der Waals surface area contributed by atoms with E-state index >= 15 is 0 Å². The van der Waals surface area contributed by atoms with Crippen LogP contribution in [-0.4, -0.2) is 51.7 Å². The van der Waals surface area contributed by atoms with Gasteiger partial charge in [-0.25, -0.2) is 4.68 Å². The zero-order chi connectivity index (χ0) is 18.4. The number of benzene rings is 1. The highest BCUT2D eigenvalue weighted by molar-refractivity contribution is 6.38. The molecule has 1 amide bonds. The molecule has 0 spiro atoms. The van der Waals surface area contributed by atoms with E-state index in [0.29, 0.717) is 23.2 Å². The van der Waals surface area contributed by atoms with Crippen LogP contribution >= 0.6 is 23.2 Å². The van der Waals surface area contributed by atoms with Crippen molar-refractivity contribution in [1.82, 2.24) is 20.0 Å². The normalized spacial score (nSPS) is 21.8. The van der Waals surface area contributed by atoms with E-state index in [0.717, 1.165) is 26.2 Å². The minimum Gasteiger partial charge on any atom is -0.337 e. The molecule has 2 aliphatic rings. The highest BCUT2D eigenvalue weighted by Crippen LogP contribution is 2.33. The quantitative estimate of drug-likeness (QED) is 0.635. The number of nitro benzene ring substituents is 1. The summed E-state index contributed by atoms with van der Waals surface area (Å²) in [5.74, 6) is 0.867. The van der Waals surface area contributed by atoms with Crippen molar-refractivity contribution in [1.29, 1.82) is 0 Å². The van der Waals surface area contributed by atoms with Crippen LogP contribution in [0.1, 0.15) is 10.5 Å². The molecular weight excluding hydrogens is 381 g/mol. The first-order chi connectivity index (χ1) is 12.4. The van der Waals surface area contributed by atoms with Gasteiger partial charge < -0.3 is 10.2 Å². The molecule has 1 aromatic carbocycles. The summed E-state index contributed by atoms with van der Waals surface area (Å²) in [5, 5.41) is 18.7.